The number of hydrogen-bond acceptors (Lipinski definition) is 10. The molecule has 0 radical (unpaired) electrons. The Morgan fingerprint density at radius 3 is 2.53 bits per heavy atom. The van der Waals surface area contributed by atoms with E-state index in [1.165, 1.54) is 18.3 Å². The topological polar surface area (TPSA) is 142 Å². The number of nitrogens with zero attached hydrogens (tertiary/aromatic N) is 6. The van der Waals surface area contributed by atoms with Crippen LogP contribution in [0.2, 0.25) is 0 Å². The van der Waals surface area contributed by atoms with E-state index in [1.807, 2.05) is 0 Å². The number of phenols is 1. The van der Waals surface area contributed by atoms with Gasteiger partial charge in [0, 0.05) is 40.9 Å². The van der Waals surface area contributed by atoms with E-state index in [-0.39, 0.29) is 23.3 Å². The van der Waals surface area contributed by atoms with Gasteiger partial charge in [-0.15, -0.1) is 0 Å². The Hall–Kier alpha value is -3.80. The predicted octanol–water partition coefficient (Wildman–Crippen LogP) is 4.04. The molecule has 32 heavy (non-hydrogen) atoms. The highest BCUT2D eigenvalue weighted by molar-refractivity contribution is 9.10. The van der Waals surface area contributed by atoms with Crippen LogP contribution in [-0.4, -0.2) is 44.3 Å². The first-order valence-corrected chi connectivity index (χ1v) is 10.6. The van der Waals surface area contributed by atoms with Crippen molar-refractivity contribution in [2.75, 3.05) is 28.7 Å². The summed E-state index contributed by atoms with van der Waals surface area (Å²) >= 11 is 3.36. The number of rotatable bonds is 7. The lowest BCUT2D eigenvalue weighted by Gasteiger charge is -2.16. The van der Waals surface area contributed by atoms with Crippen LogP contribution in [0.25, 0.3) is 0 Å². The van der Waals surface area contributed by atoms with Crippen LogP contribution in [-0.2, 0) is 0 Å². The number of non-ortho nitro benzene ring substituents is 1. The minimum absolute atomic E-state index is 0.00329. The fourth-order valence-electron chi connectivity index (χ4n) is 3.11. The molecule has 1 aliphatic heterocycles. The molecule has 0 saturated carbocycles. The van der Waals surface area contributed by atoms with Crippen LogP contribution in [0.1, 0.15) is 18.4 Å². The average Bonchev–Trinajstić information content (AvgIpc) is 3.31. The largest absolute Gasteiger partial charge is 0.507 e. The lowest BCUT2D eigenvalue weighted by atomic mass is 10.2. The van der Waals surface area contributed by atoms with Crippen molar-refractivity contribution in [3.05, 3.63) is 62.6 Å². The van der Waals surface area contributed by atoms with Gasteiger partial charge in [-0.05, 0) is 43.2 Å². The molecule has 11 nitrogen and oxygen atoms in total. The van der Waals surface area contributed by atoms with Gasteiger partial charge >= 0.3 is 0 Å². The van der Waals surface area contributed by atoms with Crippen LogP contribution in [0.3, 0.4) is 0 Å². The fourth-order valence-corrected chi connectivity index (χ4v) is 3.49. The van der Waals surface area contributed by atoms with Crippen LogP contribution in [0, 0.1) is 10.1 Å². The van der Waals surface area contributed by atoms with Gasteiger partial charge in [0.25, 0.3) is 5.69 Å². The lowest BCUT2D eigenvalue weighted by molar-refractivity contribution is -0.384. The molecule has 1 aliphatic rings. The summed E-state index contributed by atoms with van der Waals surface area (Å²) in [7, 11) is 0. The van der Waals surface area contributed by atoms with E-state index < -0.39 is 4.92 Å². The average molecular weight is 499 g/mol. The number of hydrazone groups is 1. The molecule has 4 rings (SSSR count). The third-order valence-corrected chi connectivity index (χ3v) is 5.20. The van der Waals surface area contributed by atoms with Crippen LogP contribution in [0.5, 0.6) is 5.75 Å². The molecule has 1 fully saturated rings. The van der Waals surface area contributed by atoms with Gasteiger partial charge in [0.1, 0.15) is 5.75 Å². The molecule has 0 spiro atoms. The van der Waals surface area contributed by atoms with Crippen molar-refractivity contribution >= 4 is 51.4 Å². The number of halogens is 1. The molecule has 2 heterocycles. The smallest absolute Gasteiger partial charge is 0.269 e. The summed E-state index contributed by atoms with van der Waals surface area (Å²) in [5.74, 6) is 1.09. The van der Waals surface area contributed by atoms with Gasteiger partial charge < -0.3 is 15.3 Å². The van der Waals surface area contributed by atoms with E-state index in [0.717, 1.165) is 30.4 Å². The van der Waals surface area contributed by atoms with Gasteiger partial charge in [0.05, 0.1) is 11.1 Å². The Labute approximate surface area is 191 Å². The molecule has 3 N–H and O–H groups in total. The SMILES string of the molecule is O=[N+]([O-])c1ccc(Nc2nc(N/N=C/c3cc(Br)ccc3O)nc(N3CCCC3)n2)cc1. The van der Waals surface area contributed by atoms with E-state index in [2.05, 4.69) is 51.6 Å². The third kappa shape index (κ3) is 5.27. The Kier molecular flexibility index (Phi) is 6.40. The highest BCUT2D eigenvalue weighted by atomic mass is 79.9. The van der Waals surface area contributed by atoms with Crippen molar-refractivity contribution in [3.8, 4) is 5.75 Å². The van der Waals surface area contributed by atoms with Gasteiger partial charge in [-0.2, -0.15) is 20.1 Å². The molecule has 0 aliphatic carbocycles. The quantitative estimate of drug-likeness (QED) is 0.249. The van der Waals surface area contributed by atoms with E-state index in [9.17, 15) is 15.2 Å². The van der Waals surface area contributed by atoms with Crippen molar-refractivity contribution in [2.45, 2.75) is 12.8 Å². The highest BCUT2D eigenvalue weighted by Crippen LogP contribution is 2.23. The zero-order valence-electron chi connectivity index (χ0n) is 16.8. The molecular weight excluding hydrogens is 480 g/mol. The first-order valence-electron chi connectivity index (χ1n) is 9.78. The number of hydrogen-bond donors (Lipinski definition) is 3. The van der Waals surface area contributed by atoms with E-state index in [4.69, 9.17) is 0 Å². The molecule has 3 aromatic rings. The molecule has 2 aromatic carbocycles. The number of nitro groups is 1. The van der Waals surface area contributed by atoms with Crippen molar-refractivity contribution in [3.63, 3.8) is 0 Å². The normalized spacial score (nSPS) is 13.5. The van der Waals surface area contributed by atoms with Crippen LogP contribution >= 0.6 is 15.9 Å². The van der Waals surface area contributed by atoms with E-state index in [0.29, 0.717) is 17.2 Å². The number of benzene rings is 2. The minimum Gasteiger partial charge on any atom is -0.507 e. The van der Waals surface area contributed by atoms with Crippen molar-refractivity contribution in [1.29, 1.82) is 0 Å². The number of aromatic hydroxyl groups is 1. The molecule has 0 amide bonds. The summed E-state index contributed by atoms with van der Waals surface area (Å²) < 4.78 is 0.808. The maximum absolute atomic E-state index is 10.9. The van der Waals surface area contributed by atoms with Crippen molar-refractivity contribution in [2.24, 2.45) is 5.10 Å². The highest BCUT2D eigenvalue weighted by Gasteiger charge is 2.17. The maximum Gasteiger partial charge on any atom is 0.269 e. The molecule has 1 aromatic heterocycles. The van der Waals surface area contributed by atoms with Gasteiger partial charge in [0.2, 0.25) is 17.8 Å². The summed E-state index contributed by atoms with van der Waals surface area (Å²) in [6, 6.07) is 11.0. The zero-order valence-corrected chi connectivity index (χ0v) is 18.4. The van der Waals surface area contributed by atoms with Crippen LogP contribution < -0.4 is 15.6 Å². The van der Waals surface area contributed by atoms with E-state index >= 15 is 0 Å². The number of phenolic OH excluding ortho intramolecular Hbond substituents is 1. The number of anilines is 4. The maximum atomic E-state index is 10.9. The Balaban J connectivity index is 1.57. The molecular formula is C20H19BrN8O3. The number of nitrogens with one attached hydrogen (secondary N) is 2. The van der Waals surface area contributed by atoms with Crippen molar-refractivity contribution < 1.29 is 10.0 Å². The van der Waals surface area contributed by atoms with E-state index in [1.54, 1.807) is 30.3 Å². The van der Waals surface area contributed by atoms with Gasteiger partial charge in [-0.3, -0.25) is 10.1 Å². The number of nitro benzene ring substituents is 1. The second kappa shape index (κ2) is 9.56. The Bertz CT molecular complexity index is 1150. The first kappa shape index (κ1) is 21.4. The molecule has 12 heteroatoms. The second-order valence-electron chi connectivity index (χ2n) is 6.98. The minimum atomic E-state index is -0.457. The van der Waals surface area contributed by atoms with Gasteiger partial charge in [0.15, 0.2) is 0 Å². The summed E-state index contributed by atoms with van der Waals surface area (Å²) in [4.78, 5) is 25.7. The molecule has 1 saturated heterocycles. The second-order valence-corrected chi connectivity index (χ2v) is 7.89. The van der Waals surface area contributed by atoms with Crippen LogP contribution in [0.4, 0.5) is 29.2 Å². The Morgan fingerprint density at radius 2 is 1.81 bits per heavy atom. The molecule has 0 atom stereocenters. The predicted molar refractivity (Wildman–Crippen MR) is 125 cm³/mol. The van der Waals surface area contributed by atoms with Crippen molar-refractivity contribution in [1.82, 2.24) is 15.0 Å². The zero-order chi connectivity index (χ0) is 22.5. The summed E-state index contributed by atoms with van der Waals surface area (Å²) in [5.41, 5.74) is 3.89. The summed E-state index contributed by atoms with van der Waals surface area (Å²) in [5, 5.41) is 28.0. The summed E-state index contributed by atoms with van der Waals surface area (Å²) in [6.07, 6.45) is 3.57. The third-order valence-electron chi connectivity index (χ3n) is 4.70. The Morgan fingerprint density at radius 1 is 1.09 bits per heavy atom. The standard InChI is InChI=1S/C20H19BrN8O3/c21-14-3-8-17(30)13(11-14)12-22-27-19-24-18(25-20(26-19)28-9-1-2-10-28)23-15-4-6-16(7-5-15)29(31)32/h3-8,11-12,30H,1-2,9-10H2,(H2,23,24,25,26,27)/b22-12+. The van der Waals surface area contributed by atoms with Gasteiger partial charge in [-0.1, -0.05) is 15.9 Å². The number of aromatic nitrogens is 3. The van der Waals surface area contributed by atoms with Crippen LogP contribution in [0.15, 0.2) is 52.0 Å². The summed E-state index contributed by atoms with van der Waals surface area (Å²) in [6.45, 7) is 1.69. The first-order chi connectivity index (χ1) is 15.5. The molecule has 164 valence electrons. The fraction of sp³-hybridized carbons (Fsp3) is 0.200. The monoisotopic (exact) mass is 498 g/mol. The lowest BCUT2D eigenvalue weighted by Crippen LogP contribution is -2.21. The molecule has 0 bridgehead atoms. The van der Waals surface area contributed by atoms with Gasteiger partial charge in [-0.25, -0.2) is 5.43 Å². The molecule has 0 unspecified atom stereocenters.